The maximum atomic E-state index is 13.7. The molecular weight excluding hydrogens is 458 g/mol. The summed E-state index contributed by atoms with van der Waals surface area (Å²) in [5, 5.41) is 6.25. The highest BCUT2D eigenvalue weighted by Gasteiger charge is 2.36. The Bertz CT molecular complexity index is 1080. The predicted octanol–water partition coefficient (Wildman–Crippen LogP) is 4.29. The van der Waals surface area contributed by atoms with Gasteiger partial charge in [-0.15, -0.1) is 0 Å². The lowest BCUT2D eigenvalue weighted by molar-refractivity contribution is -0.143. The molecule has 0 fully saturated rings. The van der Waals surface area contributed by atoms with Crippen molar-refractivity contribution in [1.82, 2.24) is 9.91 Å². The molecule has 0 saturated heterocycles. The first-order chi connectivity index (χ1) is 17.2. The van der Waals surface area contributed by atoms with Gasteiger partial charge in [-0.25, -0.2) is 5.01 Å². The Kier molecular flexibility index (Phi) is 9.09. The fraction of sp³-hybridized carbons (Fsp3) is 0.464. The number of carbonyl (C=O) groups is 2. The van der Waals surface area contributed by atoms with Crippen LogP contribution in [-0.4, -0.2) is 68.5 Å². The Balaban J connectivity index is 1.93. The quantitative estimate of drug-likeness (QED) is 0.491. The molecule has 2 aromatic rings. The van der Waals surface area contributed by atoms with Gasteiger partial charge in [-0.1, -0.05) is 39.0 Å². The van der Waals surface area contributed by atoms with Gasteiger partial charge in [0.25, 0.3) is 5.91 Å². The van der Waals surface area contributed by atoms with Crippen LogP contribution in [-0.2, 0) is 14.3 Å². The van der Waals surface area contributed by atoms with Gasteiger partial charge in [0.15, 0.2) is 0 Å². The molecule has 194 valence electrons. The number of carbonyl (C=O) groups excluding carboxylic acids is 2. The molecule has 0 saturated carbocycles. The molecule has 3 rings (SSSR count). The standard InChI is InChI=1S/C28H37N3O5/c1-28(2,3)18-26(32)30(15-16-34-4)19-27(33)31-24(22-9-7-8-10-25(22)36-6)17-23(29-31)20-11-13-21(35-5)14-12-20/h7-14,24H,15-19H2,1-6H3/t24-/m0/s1. The largest absolute Gasteiger partial charge is 0.497 e. The molecule has 36 heavy (non-hydrogen) atoms. The van der Waals surface area contributed by atoms with E-state index in [1.165, 1.54) is 5.01 Å². The topological polar surface area (TPSA) is 80.7 Å². The smallest absolute Gasteiger partial charge is 0.262 e. The van der Waals surface area contributed by atoms with E-state index in [0.717, 1.165) is 22.6 Å². The number of ether oxygens (including phenoxy) is 3. The van der Waals surface area contributed by atoms with Crippen molar-refractivity contribution in [3.8, 4) is 11.5 Å². The number of hydrogen-bond donors (Lipinski definition) is 0. The molecule has 1 aliphatic rings. The molecule has 0 radical (unpaired) electrons. The molecule has 2 aromatic carbocycles. The van der Waals surface area contributed by atoms with Gasteiger partial charge >= 0.3 is 0 Å². The molecule has 0 unspecified atom stereocenters. The molecule has 0 spiro atoms. The Hall–Kier alpha value is -3.39. The fourth-order valence-electron chi connectivity index (χ4n) is 4.18. The minimum absolute atomic E-state index is 0.0800. The van der Waals surface area contributed by atoms with Gasteiger partial charge in [-0.05, 0) is 41.3 Å². The maximum Gasteiger partial charge on any atom is 0.262 e. The molecule has 0 bridgehead atoms. The van der Waals surface area contributed by atoms with E-state index in [-0.39, 0.29) is 29.8 Å². The summed E-state index contributed by atoms with van der Waals surface area (Å²) in [4.78, 5) is 28.3. The van der Waals surface area contributed by atoms with Crippen molar-refractivity contribution in [2.45, 2.75) is 39.7 Å². The van der Waals surface area contributed by atoms with Crippen LogP contribution in [0.1, 0.15) is 50.8 Å². The number of hydrogen-bond acceptors (Lipinski definition) is 6. The van der Waals surface area contributed by atoms with Crippen LogP contribution in [0.3, 0.4) is 0 Å². The van der Waals surface area contributed by atoms with Crippen LogP contribution in [0.15, 0.2) is 53.6 Å². The summed E-state index contributed by atoms with van der Waals surface area (Å²) in [5.74, 6) is 1.09. The van der Waals surface area contributed by atoms with Crippen molar-refractivity contribution in [2.24, 2.45) is 10.5 Å². The predicted molar refractivity (Wildman–Crippen MR) is 139 cm³/mol. The van der Waals surface area contributed by atoms with Crippen molar-refractivity contribution in [3.05, 3.63) is 59.7 Å². The van der Waals surface area contributed by atoms with Crippen LogP contribution in [0.4, 0.5) is 0 Å². The number of amides is 2. The van der Waals surface area contributed by atoms with E-state index in [0.29, 0.717) is 31.7 Å². The van der Waals surface area contributed by atoms with Gasteiger partial charge in [-0.2, -0.15) is 5.10 Å². The third kappa shape index (κ3) is 6.85. The Labute approximate surface area is 213 Å². The fourth-order valence-corrected chi connectivity index (χ4v) is 4.18. The molecule has 8 nitrogen and oxygen atoms in total. The monoisotopic (exact) mass is 495 g/mol. The number of para-hydroxylation sites is 1. The van der Waals surface area contributed by atoms with Crippen LogP contribution in [0, 0.1) is 5.41 Å². The zero-order valence-corrected chi connectivity index (χ0v) is 22.1. The van der Waals surface area contributed by atoms with E-state index in [9.17, 15) is 9.59 Å². The van der Waals surface area contributed by atoms with Crippen molar-refractivity contribution < 1.29 is 23.8 Å². The van der Waals surface area contributed by atoms with E-state index in [1.807, 2.05) is 69.3 Å². The van der Waals surface area contributed by atoms with Gasteiger partial charge < -0.3 is 19.1 Å². The second-order valence-corrected chi connectivity index (χ2v) is 10.0. The summed E-state index contributed by atoms with van der Waals surface area (Å²) in [5.41, 5.74) is 2.36. The number of hydrazone groups is 1. The lowest BCUT2D eigenvalue weighted by Crippen LogP contribution is -2.43. The van der Waals surface area contributed by atoms with Crippen LogP contribution in [0.25, 0.3) is 0 Å². The highest BCUT2D eigenvalue weighted by atomic mass is 16.5. The van der Waals surface area contributed by atoms with Crippen molar-refractivity contribution in [3.63, 3.8) is 0 Å². The molecule has 1 atom stereocenters. The van der Waals surface area contributed by atoms with Gasteiger partial charge in [0.05, 0.1) is 32.6 Å². The molecule has 8 heteroatoms. The van der Waals surface area contributed by atoms with Crippen molar-refractivity contribution in [1.29, 1.82) is 0 Å². The minimum Gasteiger partial charge on any atom is -0.497 e. The average Bonchev–Trinajstić information content (AvgIpc) is 3.30. The number of rotatable bonds is 10. The first-order valence-corrected chi connectivity index (χ1v) is 12.1. The average molecular weight is 496 g/mol. The minimum atomic E-state index is -0.354. The van der Waals surface area contributed by atoms with Crippen LogP contribution in [0.5, 0.6) is 11.5 Å². The Morgan fingerprint density at radius 3 is 2.33 bits per heavy atom. The van der Waals surface area contributed by atoms with Gasteiger partial charge in [-0.3, -0.25) is 9.59 Å². The van der Waals surface area contributed by atoms with Crippen LogP contribution >= 0.6 is 0 Å². The lowest BCUT2D eigenvalue weighted by atomic mass is 9.91. The zero-order chi connectivity index (χ0) is 26.3. The third-order valence-corrected chi connectivity index (χ3v) is 6.01. The van der Waals surface area contributed by atoms with Gasteiger partial charge in [0.2, 0.25) is 5.91 Å². The number of nitrogens with zero attached hydrogens (tertiary/aromatic N) is 3. The molecule has 1 aliphatic heterocycles. The van der Waals surface area contributed by atoms with Crippen LogP contribution < -0.4 is 9.47 Å². The zero-order valence-electron chi connectivity index (χ0n) is 22.1. The summed E-state index contributed by atoms with van der Waals surface area (Å²) in [7, 11) is 4.82. The SMILES string of the molecule is COCCN(CC(=O)N1N=C(c2ccc(OC)cc2)C[C@H]1c1ccccc1OC)C(=O)CC(C)(C)C. The summed E-state index contributed by atoms with van der Waals surface area (Å²) >= 11 is 0. The Morgan fingerprint density at radius 1 is 1.03 bits per heavy atom. The third-order valence-electron chi connectivity index (χ3n) is 6.01. The molecule has 0 aromatic heterocycles. The van der Waals surface area contributed by atoms with Crippen LogP contribution in [0.2, 0.25) is 0 Å². The van der Waals surface area contributed by atoms with E-state index >= 15 is 0 Å². The highest BCUT2D eigenvalue weighted by molar-refractivity contribution is 6.03. The molecule has 0 N–H and O–H groups in total. The summed E-state index contributed by atoms with van der Waals surface area (Å²) in [6, 6.07) is 14.9. The summed E-state index contributed by atoms with van der Waals surface area (Å²) < 4.78 is 16.1. The normalized spacial score (nSPS) is 15.4. The summed E-state index contributed by atoms with van der Waals surface area (Å²) in [6.07, 6.45) is 0.854. The lowest BCUT2D eigenvalue weighted by Gasteiger charge is -2.29. The molecule has 2 amide bonds. The van der Waals surface area contributed by atoms with Crippen molar-refractivity contribution >= 4 is 17.5 Å². The first kappa shape index (κ1) is 27.2. The van der Waals surface area contributed by atoms with E-state index in [2.05, 4.69) is 0 Å². The van der Waals surface area contributed by atoms with Gasteiger partial charge in [0, 0.05) is 32.1 Å². The Morgan fingerprint density at radius 2 is 1.72 bits per heavy atom. The molecule has 1 heterocycles. The van der Waals surface area contributed by atoms with E-state index in [4.69, 9.17) is 19.3 Å². The highest BCUT2D eigenvalue weighted by Crippen LogP contribution is 2.37. The van der Waals surface area contributed by atoms with Crippen molar-refractivity contribution in [2.75, 3.05) is 41.0 Å². The maximum absolute atomic E-state index is 13.7. The van der Waals surface area contributed by atoms with E-state index in [1.54, 1.807) is 26.2 Å². The first-order valence-electron chi connectivity index (χ1n) is 12.1. The molecule has 0 aliphatic carbocycles. The summed E-state index contributed by atoms with van der Waals surface area (Å²) in [6.45, 7) is 6.61. The second-order valence-electron chi connectivity index (χ2n) is 10.0. The number of benzene rings is 2. The second kappa shape index (κ2) is 12.0. The van der Waals surface area contributed by atoms with E-state index < -0.39 is 0 Å². The molecular formula is C28H37N3O5. The van der Waals surface area contributed by atoms with Gasteiger partial charge in [0.1, 0.15) is 18.0 Å². The number of methoxy groups -OCH3 is 3.